The Balaban J connectivity index is 2.88. The number of hydrogen-bond donors (Lipinski definition) is 1. The predicted molar refractivity (Wildman–Crippen MR) is 56.6 cm³/mol. The van der Waals surface area contributed by atoms with Crippen molar-refractivity contribution in [1.82, 2.24) is 0 Å². The quantitative estimate of drug-likeness (QED) is 0.799. The third-order valence-corrected chi connectivity index (χ3v) is 2.47. The van der Waals surface area contributed by atoms with Gasteiger partial charge in [-0.25, -0.2) is 0 Å². The monoisotopic (exact) mass is 192 g/mol. The Hall–Kier alpha value is -1.31. The maximum absolute atomic E-state index is 10.7. The Morgan fingerprint density at radius 1 is 1.07 bits per heavy atom. The number of carbonyl (C=O) groups is 1. The van der Waals surface area contributed by atoms with Gasteiger partial charge in [-0.3, -0.25) is 4.79 Å². The van der Waals surface area contributed by atoms with E-state index in [4.69, 9.17) is 5.11 Å². The lowest BCUT2D eigenvalue weighted by atomic mass is 9.96. The molecule has 0 unspecified atom stereocenters. The topological polar surface area (TPSA) is 37.3 Å². The molecule has 0 bridgehead atoms. The van der Waals surface area contributed by atoms with Gasteiger partial charge in [0, 0.05) is 0 Å². The van der Waals surface area contributed by atoms with Crippen molar-refractivity contribution in [1.29, 1.82) is 0 Å². The molecule has 1 aromatic rings. The van der Waals surface area contributed by atoms with E-state index in [2.05, 4.69) is 13.8 Å². The maximum atomic E-state index is 10.7. The van der Waals surface area contributed by atoms with Gasteiger partial charge in [0.1, 0.15) is 0 Å². The number of hydrogen-bond acceptors (Lipinski definition) is 1. The summed E-state index contributed by atoms with van der Waals surface area (Å²) in [6.07, 6.45) is 0. The highest BCUT2D eigenvalue weighted by Gasteiger charge is 2.13. The van der Waals surface area contributed by atoms with Crippen molar-refractivity contribution in [2.45, 2.75) is 32.6 Å². The minimum absolute atomic E-state index is 0.420. The molecule has 1 rings (SSSR count). The van der Waals surface area contributed by atoms with E-state index in [1.165, 1.54) is 5.56 Å². The molecule has 2 nitrogen and oxygen atoms in total. The van der Waals surface area contributed by atoms with Crippen molar-refractivity contribution in [3.8, 4) is 0 Å². The second kappa shape index (κ2) is 4.27. The fourth-order valence-electron chi connectivity index (χ4n) is 1.31. The standard InChI is InChI=1S/C12H16O2/c1-8(2)10-4-6-11(7-5-10)9(3)12(13)14/h4-9H,1-3H3,(H,13,14)/t9-/m0/s1. The molecule has 1 N–H and O–H groups in total. The van der Waals surface area contributed by atoms with Gasteiger partial charge in [0.2, 0.25) is 0 Å². The van der Waals surface area contributed by atoms with Crippen molar-refractivity contribution in [2.24, 2.45) is 0 Å². The molecule has 0 saturated carbocycles. The molecule has 0 amide bonds. The smallest absolute Gasteiger partial charge is 0.310 e. The summed E-state index contributed by atoms with van der Waals surface area (Å²) in [4.78, 5) is 10.7. The van der Waals surface area contributed by atoms with Crippen LogP contribution in [0.2, 0.25) is 0 Å². The number of carboxylic acid groups (broad SMARTS) is 1. The lowest BCUT2D eigenvalue weighted by molar-refractivity contribution is -0.138. The highest BCUT2D eigenvalue weighted by atomic mass is 16.4. The molecule has 14 heavy (non-hydrogen) atoms. The molecule has 76 valence electrons. The highest BCUT2D eigenvalue weighted by Crippen LogP contribution is 2.19. The molecule has 2 heteroatoms. The predicted octanol–water partition coefficient (Wildman–Crippen LogP) is 3.00. The van der Waals surface area contributed by atoms with Crippen LogP contribution in [0.5, 0.6) is 0 Å². The first kappa shape index (κ1) is 10.8. The molecule has 0 spiro atoms. The zero-order valence-electron chi connectivity index (χ0n) is 8.82. The van der Waals surface area contributed by atoms with Crippen LogP contribution in [0.4, 0.5) is 0 Å². The minimum Gasteiger partial charge on any atom is -0.481 e. The van der Waals surface area contributed by atoms with Gasteiger partial charge in [-0.15, -0.1) is 0 Å². The summed E-state index contributed by atoms with van der Waals surface area (Å²) in [6, 6.07) is 7.79. The summed E-state index contributed by atoms with van der Waals surface area (Å²) in [5.74, 6) is -0.706. The van der Waals surface area contributed by atoms with Gasteiger partial charge in [0.15, 0.2) is 0 Å². The largest absolute Gasteiger partial charge is 0.481 e. The Morgan fingerprint density at radius 3 is 1.86 bits per heavy atom. The number of rotatable bonds is 3. The van der Waals surface area contributed by atoms with Gasteiger partial charge in [0.05, 0.1) is 5.92 Å². The number of aliphatic carboxylic acids is 1. The average Bonchev–Trinajstić information content (AvgIpc) is 2.16. The number of carboxylic acids is 1. The third kappa shape index (κ3) is 2.34. The van der Waals surface area contributed by atoms with Crippen LogP contribution in [0.1, 0.15) is 43.7 Å². The molecule has 1 atom stereocenters. The van der Waals surface area contributed by atoms with E-state index in [0.717, 1.165) is 5.56 Å². The average molecular weight is 192 g/mol. The van der Waals surface area contributed by atoms with E-state index < -0.39 is 11.9 Å². The normalized spacial score (nSPS) is 12.9. The van der Waals surface area contributed by atoms with E-state index >= 15 is 0 Å². The second-order valence-electron chi connectivity index (χ2n) is 3.88. The van der Waals surface area contributed by atoms with Crippen LogP contribution in [-0.2, 0) is 4.79 Å². The van der Waals surface area contributed by atoms with Crippen LogP contribution in [-0.4, -0.2) is 11.1 Å². The van der Waals surface area contributed by atoms with Crippen molar-refractivity contribution < 1.29 is 9.90 Å². The van der Waals surface area contributed by atoms with Crippen molar-refractivity contribution >= 4 is 5.97 Å². The second-order valence-corrected chi connectivity index (χ2v) is 3.88. The van der Waals surface area contributed by atoms with E-state index in [-0.39, 0.29) is 0 Å². The SMILES string of the molecule is CC(C)c1ccc([C@H](C)C(=O)O)cc1. The fraction of sp³-hybridized carbons (Fsp3) is 0.417. The lowest BCUT2D eigenvalue weighted by Gasteiger charge is -2.09. The van der Waals surface area contributed by atoms with E-state index in [1.807, 2.05) is 24.3 Å². The molecule has 0 aliphatic carbocycles. The molecule has 1 aromatic carbocycles. The van der Waals surface area contributed by atoms with Gasteiger partial charge in [-0.1, -0.05) is 38.1 Å². The first-order chi connectivity index (χ1) is 6.52. The molecule has 0 aliphatic heterocycles. The fourth-order valence-corrected chi connectivity index (χ4v) is 1.31. The van der Waals surface area contributed by atoms with Gasteiger partial charge in [-0.2, -0.15) is 0 Å². The summed E-state index contributed by atoms with van der Waals surface area (Å²) in [5, 5.41) is 8.81. The van der Waals surface area contributed by atoms with Crippen molar-refractivity contribution in [2.75, 3.05) is 0 Å². The first-order valence-electron chi connectivity index (χ1n) is 4.85. The maximum Gasteiger partial charge on any atom is 0.310 e. The summed E-state index contributed by atoms with van der Waals surface area (Å²) < 4.78 is 0. The Kier molecular flexibility index (Phi) is 3.28. The Morgan fingerprint density at radius 2 is 1.50 bits per heavy atom. The van der Waals surface area contributed by atoms with E-state index in [1.54, 1.807) is 6.92 Å². The Bertz CT molecular complexity index is 312. The molecule has 0 heterocycles. The van der Waals surface area contributed by atoms with Gasteiger partial charge >= 0.3 is 5.97 Å². The summed E-state index contributed by atoms with van der Waals surface area (Å²) >= 11 is 0. The summed E-state index contributed by atoms with van der Waals surface area (Å²) in [7, 11) is 0. The van der Waals surface area contributed by atoms with Crippen molar-refractivity contribution in [3.05, 3.63) is 35.4 Å². The van der Waals surface area contributed by atoms with Crippen LogP contribution < -0.4 is 0 Å². The zero-order chi connectivity index (χ0) is 10.7. The first-order valence-corrected chi connectivity index (χ1v) is 4.85. The lowest BCUT2D eigenvalue weighted by Crippen LogP contribution is -2.07. The summed E-state index contributed by atoms with van der Waals surface area (Å²) in [6.45, 7) is 5.94. The van der Waals surface area contributed by atoms with Crippen LogP contribution in [0.3, 0.4) is 0 Å². The zero-order valence-corrected chi connectivity index (χ0v) is 8.82. The molecule has 0 aromatic heterocycles. The molecular weight excluding hydrogens is 176 g/mol. The van der Waals surface area contributed by atoms with Crippen molar-refractivity contribution in [3.63, 3.8) is 0 Å². The highest BCUT2D eigenvalue weighted by molar-refractivity contribution is 5.75. The molecular formula is C12H16O2. The van der Waals surface area contributed by atoms with Crippen LogP contribution >= 0.6 is 0 Å². The third-order valence-electron chi connectivity index (χ3n) is 2.47. The molecule has 0 fully saturated rings. The molecule has 0 saturated heterocycles. The Labute approximate surface area is 84.6 Å². The number of benzene rings is 1. The van der Waals surface area contributed by atoms with Gasteiger partial charge < -0.3 is 5.11 Å². The van der Waals surface area contributed by atoms with Gasteiger partial charge in [-0.05, 0) is 24.0 Å². The molecule has 0 radical (unpaired) electrons. The van der Waals surface area contributed by atoms with Gasteiger partial charge in [0.25, 0.3) is 0 Å². The van der Waals surface area contributed by atoms with E-state index in [9.17, 15) is 4.79 Å². The van der Waals surface area contributed by atoms with E-state index in [0.29, 0.717) is 5.92 Å². The molecule has 0 aliphatic rings. The van der Waals surface area contributed by atoms with Crippen LogP contribution in [0, 0.1) is 0 Å². The van der Waals surface area contributed by atoms with Crippen LogP contribution in [0.15, 0.2) is 24.3 Å². The van der Waals surface area contributed by atoms with Crippen LogP contribution in [0.25, 0.3) is 0 Å². The summed E-state index contributed by atoms with van der Waals surface area (Å²) in [5.41, 5.74) is 2.10. The minimum atomic E-state index is -0.776.